The van der Waals surface area contributed by atoms with E-state index in [0.29, 0.717) is 28.4 Å². The van der Waals surface area contributed by atoms with E-state index in [9.17, 15) is 4.79 Å². The highest BCUT2D eigenvalue weighted by Gasteiger charge is 2.10. The van der Waals surface area contributed by atoms with Crippen LogP contribution in [0.15, 0.2) is 36.4 Å². The Kier molecular flexibility index (Phi) is 4.33. The molecule has 5 nitrogen and oxygen atoms in total. The van der Waals surface area contributed by atoms with E-state index in [4.69, 9.17) is 15.2 Å². The van der Waals surface area contributed by atoms with Crippen molar-refractivity contribution in [3.8, 4) is 11.5 Å². The smallest absolute Gasteiger partial charge is 0.255 e. The predicted octanol–water partition coefficient (Wildman–Crippen LogP) is 2.85. The van der Waals surface area contributed by atoms with Gasteiger partial charge in [-0.3, -0.25) is 4.79 Å². The Labute approximate surface area is 123 Å². The molecule has 3 N–H and O–H groups in total. The summed E-state index contributed by atoms with van der Waals surface area (Å²) in [6.07, 6.45) is 0. The summed E-state index contributed by atoms with van der Waals surface area (Å²) in [7, 11) is 3.11. The maximum atomic E-state index is 12.2. The van der Waals surface area contributed by atoms with Crippen molar-refractivity contribution in [2.45, 2.75) is 6.92 Å². The topological polar surface area (TPSA) is 73.6 Å². The second-order valence-electron chi connectivity index (χ2n) is 4.60. The zero-order chi connectivity index (χ0) is 15.4. The lowest BCUT2D eigenvalue weighted by Crippen LogP contribution is -2.12. The van der Waals surface area contributed by atoms with Gasteiger partial charge < -0.3 is 20.5 Å². The van der Waals surface area contributed by atoms with Crippen LogP contribution < -0.4 is 20.5 Å². The van der Waals surface area contributed by atoms with E-state index >= 15 is 0 Å². The minimum atomic E-state index is -0.228. The Hall–Kier alpha value is -2.69. The van der Waals surface area contributed by atoms with E-state index < -0.39 is 0 Å². The second-order valence-corrected chi connectivity index (χ2v) is 4.60. The van der Waals surface area contributed by atoms with Crippen molar-refractivity contribution in [2.75, 3.05) is 25.3 Å². The molecule has 1 amide bonds. The predicted molar refractivity (Wildman–Crippen MR) is 83.1 cm³/mol. The van der Waals surface area contributed by atoms with Crippen LogP contribution >= 0.6 is 0 Å². The molecule has 5 heteroatoms. The highest BCUT2D eigenvalue weighted by molar-refractivity contribution is 6.05. The van der Waals surface area contributed by atoms with Crippen molar-refractivity contribution in [1.82, 2.24) is 0 Å². The average molecular weight is 286 g/mol. The molecule has 0 saturated carbocycles. The number of carbonyl (C=O) groups excluding carboxylic acids is 1. The first-order chi connectivity index (χ1) is 10.0. The van der Waals surface area contributed by atoms with Crippen LogP contribution in [-0.4, -0.2) is 20.1 Å². The van der Waals surface area contributed by atoms with Crippen LogP contribution in [0, 0.1) is 6.92 Å². The van der Waals surface area contributed by atoms with Gasteiger partial charge in [0.05, 0.1) is 14.2 Å². The Morgan fingerprint density at radius 1 is 1.05 bits per heavy atom. The Bertz CT molecular complexity index is 669. The summed E-state index contributed by atoms with van der Waals surface area (Å²) >= 11 is 0. The molecule has 0 aromatic heterocycles. The van der Waals surface area contributed by atoms with E-state index in [2.05, 4.69) is 5.32 Å². The molecule has 0 fully saturated rings. The number of anilines is 2. The average Bonchev–Trinajstić information content (AvgIpc) is 2.49. The standard InChI is InChI=1S/C16H18N2O3/c1-10-4-5-11(8-13(10)17)16(19)18-12-6-7-14(20-2)15(9-12)21-3/h4-9H,17H2,1-3H3,(H,18,19). The zero-order valence-electron chi connectivity index (χ0n) is 12.3. The van der Waals surface area contributed by atoms with Crippen molar-refractivity contribution in [2.24, 2.45) is 0 Å². The van der Waals surface area contributed by atoms with Crippen LogP contribution in [-0.2, 0) is 0 Å². The number of hydrogen-bond donors (Lipinski definition) is 2. The van der Waals surface area contributed by atoms with Crippen molar-refractivity contribution >= 4 is 17.3 Å². The molecule has 0 radical (unpaired) electrons. The quantitative estimate of drug-likeness (QED) is 0.848. The Balaban J connectivity index is 2.21. The number of nitrogen functional groups attached to an aromatic ring is 1. The zero-order valence-corrected chi connectivity index (χ0v) is 12.3. The summed E-state index contributed by atoms with van der Waals surface area (Å²) in [6.45, 7) is 1.89. The van der Waals surface area contributed by atoms with E-state index in [-0.39, 0.29) is 5.91 Å². The molecule has 0 aliphatic carbocycles. The molecule has 21 heavy (non-hydrogen) atoms. The second kappa shape index (κ2) is 6.17. The van der Waals surface area contributed by atoms with Gasteiger partial charge in [-0.1, -0.05) is 6.07 Å². The van der Waals surface area contributed by atoms with Crippen LogP contribution in [0.1, 0.15) is 15.9 Å². The number of ether oxygens (including phenoxy) is 2. The number of aryl methyl sites for hydroxylation is 1. The van der Waals surface area contributed by atoms with Gasteiger partial charge in [0.1, 0.15) is 0 Å². The largest absolute Gasteiger partial charge is 0.493 e. The number of nitrogens with two attached hydrogens (primary N) is 1. The summed E-state index contributed by atoms with van der Waals surface area (Å²) in [5.41, 5.74) is 8.48. The highest BCUT2D eigenvalue weighted by atomic mass is 16.5. The van der Waals surface area contributed by atoms with Crippen molar-refractivity contribution in [3.63, 3.8) is 0 Å². The number of carbonyl (C=O) groups is 1. The lowest BCUT2D eigenvalue weighted by molar-refractivity contribution is 0.102. The third-order valence-electron chi connectivity index (χ3n) is 3.18. The van der Waals surface area contributed by atoms with Gasteiger partial charge in [-0.2, -0.15) is 0 Å². The number of nitrogens with one attached hydrogen (secondary N) is 1. The van der Waals surface area contributed by atoms with Crippen LogP contribution in [0.5, 0.6) is 11.5 Å². The molecular formula is C16H18N2O3. The van der Waals surface area contributed by atoms with Gasteiger partial charge in [0, 0.05) is 23.0 Å². The molecule has 0 unspecified atom stereocenters. The summed E-state index contributed by atoms with van der Waals surface area (Å²) in [4.78, 5) is 12.2. The number of rotatable bonds is 4. The van der Waals surface area contributed by atoms with E-state index in [1.54, 1.807) is 44.6 Å². The van der Waals surface area contributed by atoms with Crippen molar-refractivity contribution in [1.29, 1.82) is 0 Å². The molecule has 2 aromatic carbocycles. The number of methoxy groups -OCH3 is 2. The Morgan fingerprint density at radius 3 is 2.38 bits per heavy atom. The summed E-state index contributed by atoms with van der Waals surface area (Å²) in [5, 5.41) is 2.80. The van der Waals surface area contributed by atoms with Crippen LogP contribution in [0.2, 0.25) is 0 Å². The lowest BCUT2D eigenvalue weighted by atomic mass is 10.1. The van der Waals surface area contributed by atoms with Gasteiger partial charge in [0.25, 0.3) is 5.91 Å². The molecule has 0 atom stereocenters. The molecule has 0 spiro atoms. The maximum Gasteiger partial charge on any atom is 0.255 e. The Morgan fingerprint density at radius 2 is 1.76 bits per heavy atom. The third kappa shape index (κ3) is 3.25. The summed E-state index contributed by atoms with van der Waals surface area (Å²) < 4.78 is 10.4. The van der Waals surface area contributed by atoms with Gasteiger partial charge in [-0.05, 0) is 36.8 Å². The molecule has 0 aliphatic rings. The first-order valence-electron chi connectivity index (χ1n) is 6.44. The highest BCUT2D eigenvalue weighted by Crippen LogP contribution is 2.30. The fourth-order valence-corrected chi connectivity index (χ4v) is 1.90. The van der Waals surface area contributed by atoms with Crippen LogP contribution in [0.3, 0.4) is 0 Å². The van der Waals surface area contributed by atoms with Crippen molar-refractivity contribution in [3.05, 3.63) is 47.5 Å². The van der Waals surface area contributed by atoms with Gasteiger partial charge in [-0.25, -0.2) is 0 Å². The number of benzene rings is 2. The molecule has 0 saturated heterocycles. The van der Waals surface area contributed by atoms with Crippen molar-refractivity contribution < 1.29 is 14.3 Å². The number of amides is 1. The summed E-state index contributed by atoms with van der Waals surface area (Å²) in [6, 6.07) is 10.4. The van der Waals surface area contributed by atoms with E-state index in [0.717, 1.165) is 5.56 Å². The minimum absolute atomic E-state index is 0.228. The molecule has 2 aromatic rings. The van der Waals surface area contributed by atoms with Crippen LogP contribution in [0.4, 0.5) is 11.4 Å². The molecular weight excluding hydrogens is 268 g/mol. The van der Waals surface area contributed by atoms with Gasteiger partial charge in [0.2, 0.25) is 0 Å². The first kappa shape index (κ1) is 14.7. The van der Waals surface area contributed by atoms with Crippen LogP contribution in [0.25, 0.3) is 0 Å². The summed E-state index contributed by atoms with van der Waals surface area (Å²) in [5.74, 6) is 0.933. The normalized spacial score (nSPS) is 10.0. The fraction of sp³-hybridized carbons (Fsp3) is 0.188. The molecule has 0 heterocycles. The minimum Gasteiger partial charge on any atom is -0.493 e. The molecule has 110 valence electrons. The molecule has 0 bridgehead atoms. The van der Waals surface area contributed by atoms with Gasteiger partial charge in [0.15, 0.2) is 11.5 Å². The lowest BCUT2D eigenvalue weighted by Gasteiger charge is -2.11. The van der Waals surface area contributed by atoms with E-state index in [1.807, 2.05) is 13.0 Å². The maximum absolute atomic E-state index is 12.2. The monoisotopic (exact) mass is 286 g/mol. The number of hydrogen-bond acceptors (Lipinski definition) is 4. The SMILES string of the molecule is COc1ccc(NC(=O)c2ccc(C)c(N)c2)cc1OC. The van der Waals surface area contributed by atoms with E-state index in [1.165, 1.54) is 0 Å². The van der Waals surface area contributed by atoms with Gasteiger partial charge >= 0.3 is 0 Å². The molecule has 0 aliphatic heterocycles. The van der Waals surface area contributed by atoms with Gasteiger partial charge in [-0.15, -0.1) is 0 Å². The fourth-order valence-electron chi connectivity index (χ4n) is 1.90. The molecule has 2 rings (SSSR count). The first-order valence-corrected chi connectivity index (χ1v) is 6.44. The third-order valence-corrected chi connectivity index (χ3v) is 3.18.